The van der Waals surface area contributed by atoms with Gasteiger partial charge in [-0.05, 0) is 18.4 Å². The minimum Gasteiger partial charge on any atom is -0.337 e. The molecule has 1 aliphatic heterocycles. The molecule has 2 aromatic rings. The highest BCUT2D eigenvalue weighted by Gasteiger charge is 2.18. The van der Waals surface area contributed by atoms with Gasteiger partial charge in [0.05, 0.1) is 0 Å². The predicted molar refractivity (Wildman–Crippen MR) is 82.8 cm³/mol. The van der Waals surface area contributed by atoms with Crippen LogP contribution >= 0.6 is 0 Å². The molecule has 0 N–H and O–H groups in total. The third-order valence-corrected chi connectivity index (χ3v) is 3.84. The van der Waals surface area contributed by atoms with Gasteiger partial charge in [-0.25, -0.2) is 14.4 Å². The van der Waals surface area contributed by atoms with E-state index in [0.29, 0.717) is 29.1 Å². The zero-order chi connectivity index (χ0) is 14.8. The number of aromatic nitrogens is 2. The van der Waals surface area contributed by atoms with Crippen LogP contribution in [0.25, 0.3) is 11.1 Å². The molecule has 3 nitrogen and oxygen atoms in total. The lowest BCUT2D eigenvalue weighted by Gasteiger charge is -2.15. The number of hydrogen-bond donors (Lipinski definition) is 0. The number of aryl methyl sites for hydroxylation is 1. The Morgan fingerprint density at radius 2 is 2.05 bits per heavy atom. The molecular weight excluding hydrogens is 265 g/mol. The van der Waals surface area contributed by atoms with Gasteiger partial charge in [-0.2, -0.15) is 0 Å². The van der Waals surface area contributed by atoms with Crippen molar-refractivity contribution in [3.05, 3.63) is 54.1 Å². The van der Waals surface area contributed by atoms with Crippen molar-refractivity contribution in [2.45, 2.75) is 19.8 Å². The van der Waals surface area contributed by atoms with Crippen LogP contribution in [0.15, 0.2) is 42.7 Å². The molecule has 0 aliphatic carbocycles. The van der Waals surface area contributed by atoms with Crippen LogP contribution in [0.4, 0.5) is 10.3 Å². The Morgan fingerprint density at radius 3 is 2.67 bits per heavy atom. The van der Waals surface area contributed by atoms with E-state index in [9.17, 15) is 4.39 Å². The molecule has 21 heavy (non-hydrogen) atoms. The Hall–Kier alpha value is -2.23. The maximum Gasteiger partial charge on any atom is 0.225 e. The van der Waals surface area contributed by atoms with Gasteiger partial charge < -0.3 is 4.90 Å². The van der Waals surface area contributed by atoms with Gasteiger partial charge >= 0.3 is 0 Å². The Morgan fingerprint density at radius 1 is 1.29 bits per heavy atom. The van der Waals surface area contributed by atoms with E-state index in [2.05, 4.69) is 21.4 Å². The molecule has 0 bridgehead atoms. The largest absolute Gasteiger partial charge is 0.337 e. The standard InChI is InChI=1S/C17H18FN3/c1-3-13-5-4-6-15(16(13)18)14-9-19-17(20-10-14)21-8-7-12(2)11-21/h4-6,9-10H,2-3,7-8,11H2,1H3. The summed E-state index contributed by atoms with van der Waals surface area (Å²) in [5.74, 6) is 0.510. The first kappa shape index (κ1) is 13.7. The maximum absolute atomic E-state index is 14.3. The van der Waals surface area contributed by atoms with Crippen molar-refractivity contribution in [1.82, 2.24) is 9.97 Å². The van der Waals surface area contributed by atoms with Crippen LogP contribution in [0.2, 0.25) is 0 Å². The molecule has 1 aromatic carbocycles. The molecule has 4 heteroatoms. The summed E-state index contributed by atoms with van der Waals surface area (Å²) >= 11 is 0. The smallest absolute Gasteiger partial charge is 0.225 e. The lowest BCUT2D eigenvalue weighted by Crippen LogP contribution is -2.20. The summed E-state index contributed by atoms with van der Waals surface area (Å²) in [6.07, 6.45) is 5.05. The first-order valence-corrected chi connectivity index (χ1v) is 7.20. The van der Waals surface area contributed by atoms with Crippen LogP contribution in [0.5, 0.6) is 0 Å². The van der Waals surface area contributed by atoms with E-state index >= 15 is 0 Å². The van der Waals surface area contributed by atoms with Crippen LogP contribution in [0, 0.1) is 5.82 Å². The van der Waals surface area contributed by atoms with E-state index in [4.69, 9.17) is 0 Å². The summed E-state index contributed by atoms with van der Waals surface area (Å²) in [5, 5.41) is 0. The van der Waals surface area contributed by atoms with Crippen LogP contribution in [0.1, 0.15) is 18.9 Å². The van der Waals surface area contributed by atoms with Crippen molar-refractivity contribution in [3.8, 4) is 11.1 Å². The summed E-state index contributed by atoms with van der Waals surface area (Å²) in [5.41, 5.74) is 3.19. The molecule has 0 atom stereocenters. The SMILES string of the molecule is C=C1CCN(c2ncc(-c3cccc(CC)c3F)cn2)C1. The third-order valence-electron chi connectivity index (χ3n) is 3.84. The first-order chi connectivity index (χ1) is 10.2. The zero-order valence-electron chi connectivity index (χ0n) is 12.1. The number of halogens is 1. The van der Waals surface area contributed by atoms with E-state index in [0.717, 1.165) is 19.5 Å². The van der Waals surface area contributed by atoms with Crippen LogP contribution in [-0.2, 0) is 6.42 Å². The summed E-state index contributed by atoms with van der Waals surface area (Å²) in [6.45, 7) is 7.63. The van der Waals surface area contributed by atoms with Crippen LogP contribution < -0.4 is 4.90 Å². The van der Waals surface area contributed by atoms with Gasteiger partial charge in [0.1, 0.15) is 5.82 Å². The molecule has 1 fully saturated rings. The molecule has 0 saturated carbocycles. The van der Waals surface area contributed by atoms with Crippen LogP contribution in [-0.4, -0.2) is 23.1 Å². The second-order valence-electron chi connectivity index (χ2n) is 5.33. The third kappa shape index (κ3) is 2.66. The fraction of sp³-hybridized carbons (Fsp3) is 0.294. The average molecular weight is 283 g/mol. The summed E-state index contributed by atoms with van der Waals surface area (Å²) in [4.78, 5) is 10.8. The Labute approximate surface area is 124 Å². The fourth-order valence-corrected chi connectivity index (χ4v) is 2.59. The van der Waals surface area contributed by atoms with Gasteiger partial charge in [-0.3, -0.25) is 0 Å². The molecule has 0 radical (unpaired) electrons. The van der Waals surface area contributed by atoms with E-state index in [1.165, 1.54) is 5.57 Å². The van der Waals surface area contributed by atoms with E-state index in [1.807, 2.05) is 19.1 Å². The minimum absolute atomic E-state index is 0.175. The zero-order valence-corrected chi connectivity index (χ0v) is 12.1. The highest BCUT2D eigenvalue weighted by atomic mass is 19.1. The van der Waals surface area contributed by atoms with Crippen molar-refractivity contribution < 1.29 is 4.39 Å². The highest BCUT2D eigenvalue weighted by molar-refractivity contribution is 5.64. The molecule has 0 spiro atoms. The maximum atomic E-state index is 14.3. The number of benzene rings is 1. The molecule has 1 aromatic heterocycles. The van der Waals surface area contributed by atoms with Crippen molar-refractivity contribution in [3.63, 3.8) is 0 Å². The van der Waals surface area contributed by atoms with Gasteiger partial charge in [0.15, 0.2) is 0 Å². The monoisotopic (exact) mass is 283 g/mol. The molecule has 108 valence electrons. The fourth-order valence-electron chi connectivity index (χ4n) is 2.59. The number of rotatable bonds is 3. The van der Waals surface area contributed by atoms with Gasteiger partial charge in [0, 0.05) is 36.6 Å². The number of nitrogens with zero attached hydrogens (tertiary/aromatic N) is 3. The molecule has 3 rings (SSSR count). The Bertz CT molecular complexity index is 664. The first-order valence-electron chi connectivity index (χ1n) is 7.20. The quantitative estimate of drug-likeness (QED) is 0.806. The van der Waals surface area contributed by atoms with E-state index in [-0.39, 0.29) is 5.82 Å². The molecule has 0 unspecified atom stereocenters. The van der Waals surface area contributed by atoms with Gasteiger partial charge in [0.25, 0.3) is 0 Å². The van der Waals surface area contributed by atoms with E-state index in [1.54, 1.807) is 18.5 Å². The Balaban J connectivity index is 1.89. The van der Waals surface area contributed by atoms with Crippen molar-refractivity contribution in [2.75, 3.05) is 18.0 Å². The topological polar surface area (TPSA) is 29.0 Å². The minimum atomic E-state index is -0.175. The number of anilines is 1. The Kier molecular flexibility index (Phi) is 3.69. The van der Waals surface area contributed by atoms with E-state index < -0.39 is 0 Å². The lowest BCUT2D eigenvalue weighted by atomic mass is 10.0. The van der Waals surface area contributed by atoms with Crippen LogP contribution in [0.3, 0.4) is 0 Å². The molecular formula is C17H18FN3. The van der Waals surface area contributed by atoms with Gasteiger partial charge in [-0.15, -0.1) is 0 Å². The summed E-state index contributed by atoms with van der Waals surface area (Å²) in [6, 6.07) is 5.45. The predicted octanol–water partition coefficient (Wildman–Crippen LogP) is 3.61. The number of hydrogen-bond acceptors (Lipinski definition) is 3. The van der Waals surface area contributed by atoms with Crippen molar-refractivity contribution in [2.24, 2.45) is 0 Å². The lowest BCUT2D eigenvalue weighted by molar-refractivity contribution is 0.615. The molecule has 2 heterocycles. The van der Waals surface area contributed by atoms with Crippen molar-refractivity contribution >= 4 is 5.95 Å². The normalized spacial score (nSPS) is 14.8. The second kappa shape index (κ2) is 5.64. The van der Waals surface area contributed by atoms with Crippen molar-refractivity contribution in [1.29, 1.82) is 0 Å². The second-order valence-corrected chi connectivity index (χ2v) is 5.33. The average Bonchev–Trinajstić information content (AvgIpc) is 2.94. The summed E-state index contributed by atoms with van der Waals surface area (Å²) < 4.78 is 14.3. The van der Waals surface area contributed by atoms with Gasteiger partial charge in [0.2, 0.25) is 5.95 Å². The molecule has 1 saturated heterocycles. The molecule has 0 amide bonds. The summed E-state index contributed by atoms with van der Waals surface area (Å²) in [7, 11) is 0. The highest BCUT2D eigenvalue weighted by Crippen LogP contribution is 2.26. The van der Waals surface area contributed by atoms with Gasteiger partial charge in [-0.1, -0.05) is 37.3 Å². The molecule has 1 aliphatic rings.